The Kier molecular flexibility index (Phi) is 7.53. The predicted molar refractivity (Wildman–Crippen MR) is 122 cm³/mol. The van der Waals surface area contributed by atoms with Crippen molar-refractivity contribution in [3.8, 4) is 23.8 Å². The van der Waals surface area contributed by atoms with E-state index in [2.05, 4.69) is 16.4 Å². The van der Waals surface area contributed by atoms with Gasteiger partial charge in [0.05, 0.1) is 60.6 Å². The lowest BCUT2D eigenvalue weighted by Crippen LogP contribution is -2.27. The van der Waals surface area contributed by atoms with E-state index in [1.165, 1.54) is 7.11 Å². The fourth-order valence-electron chi connectivity index (χ4n) is 3.95. The molecule has 1 atom stereocenters. The first-order chi connectivity index (χ1) is 16.0. The van der Waals surface area contributed by atoms with Crippen LogP contribution in [0.3, 0.4) is 0 Å². The number of benzene rings is 1. The topological polar surface area (TPSA) is 117 Å². The van der Waals surface area contributed by atoms with E-state index in [0.29, 0.717) is 52.6 Å². The van der Waals surface area contributed by atoms with Crippen LogP contribution in [0.1, 0.15) is 54.9 Å². The molecule has 1 aliphatic heterocycles. The number of carbonyl (C=O) groups excluding carboxylic acids is 1. The monoisotopic (exact) mass is 446 g/mol. The summed E-state index contributed by atoms with van der Waals surface area (Å²) < 4.78 is 16.9. The van der Waals surface area contributed by atoms with Crippen LogP contribution in [-0.4, -0.2) is 31.3 Å². The molecule has 0 bridgehead atoms. The number of anilines is 1. The van der Waals surface area contributed by atoms with Crippen molar-refractivity contribution in [3.05, 3.63) is 57.9 Å². The second-order valence-corrected chi connectivity index (χ2v) is 7.38. The molecule has 33 heavy (non-hydrogen) atoms. The van der Waals surface area contributed by atoms with E-state index in [0.717, 1.165) is 11.3 Å². The van der Waals surface area contributed by atoms with Crippen LogP contribution >= 0.6 is 0 Å². The van der Waals surface area contributed by atoms with Crippen molar-refractivity contribution in [2.45, 2.75) is 39.5 Å². The number of pyridine rings is 1. The van der Waals surface area contributed by atoms with E-state index < -0.39 is 11.9 Å². The number of hydrogen-bond acceptors (Lipinski definition) is 8. The van der Waals surface area contributed by atoms with Gasteiger partial charge in [-0.1, -0.05) is 13.0 Å². The number of allylic oxidation sites excluding steroid dienone is 1. The van der Waals surface area contributed by atoms with Gasteiger partial charge in [-0.2, -0.15) is 10.5 Å². The number of methoxy groups -OCH3 is 1. The second kappa shape index (κ2) is 10.5. The van der Waals surface area contributed by atoms with Gasteiger partial charge >= 0.3 is 5.97 Å². The molecular weight excluding hydrogens is 420 g/mol. The zero-order valence-corrected chi connectivity index (χ0v) is 19.2. The summed E-state index contributed by atoms with van der Waals surface area (Å²) in [6, 6.07) is 9.22. The summed E-state index contributed by atoms with van der Waals surface area (Å²) in [6.45, 7) is 6.14. The molecule has 8 nitrogen and oxygen atoms in total. The van der Waals surface area contributed by atoms with Crippen molar-refractivity contribution in [2.75, 3.05) is 25.6 Å². The maximum atomic E-state index is 13.3. The first kappa shape index (κ1) is 23.6. The Balaban J connectivity index is 2.32. The quantitative estimate of drug-likeness (QED) is 0.470. The average molecular weight is 447 g/mol. The molecule has 1 unspecified atom stereocenters. The summed E-state index contributed by atoms with van der Waals surface area (Å²) in [5.74, 6) is -0.267. The summed E-state index contributed by atoms with van der Waals surface area (Å²) in [5, 5.41) is 21.6. The standard InChI is InChI=1S/C25H26N4O4/c1-5-18-21(25(30)33-11-7-10-26)20(17-9-8-16(13-27)12-19(17)31-4)22-23(29-18)15(3)14-28-24(22)32-6-2/h8-9,12,14,20,29H,5-7,11H2,1-4H3. The first-order valence-corrected chi connectivity index (χ1v) is 10.7. The third kappa shape index (κ3) is 4.61. The van der Waals surface area contributed by atoms with Crippen molar-refractivity contribution < 1.29 is 19.0 Å². The Labute approximate surface area is 193 Å². The van der Waals surface area contributed by atoms with Crippen LogP contribution in [0.2, 0.25) is 0 Å². The van der Waals surface area contributed by atoms with Gasteiger partial charge in [-0.05, 0) is 38.0 Å². The average Bonchev–Trinajstić information content (AvgIpc) is 2.84. The number of nitrogens with zero attached hydrogens (tertiary/aromatic N) is 3. The van der Waals surface area contributed by atoms with Crippen LogP contribution in [0.4, 0.5) is 5.69 Å². The van der Waals surface area contributed by atoms with Crippen LogP contribution in [-0.2, 0) is 9.53 Å². The van der Waals surface area contributed by atoms with Crippen LogP contribution in [0.5, 0.6) is 11.6 Å². The molecule has 3 rings (SSSR count). The van der Waals surface area contributed by atoms with E-state index in [4.69, 9.17) is 19.5 Å². The molecule has 1 aliphatic rings. The lowest BCUT2D eigenvalue weighted by Gasteiger charge is -2.33. The van der Waals surface area contributed by atoms with Crippen molar-refractivity contribution in [2.24, 2.45) is 0 Å². The number of esters is 1. The van der Waals surface area contributed by atoms with Crippen LogP contribution in [0.25, 0.3) is 0 Å². The SMILES string of the molecule is CCOc1ncc(C)c2c1C(c1ccc(C#N)cc1OC)C(C(=O)OCCC#N)=C(CC)N2. The van der Waals surface area contributed by atoms with Gasteiger partial charge in [-0.3, -0.25) is 0 Å². The van der Waals surface area contributed by atoms with Crippen molar-refractivity contribution in [3.63, 3.8) is 0 Å². The van der Waals surface area contributed by atoms with E-state index in [-0.39, 0.29) is 13.0 Å². The smallest absolute Gasteiger partial charge is 0.336 e. The first-order valence-electron chi connectivity index (χ1n) is 10.7. The fourth-order valence-corrected chi connectivity index (χ4v) is 3.95. The zero-order chi connectivity index (χ0) is 24.0. The third-order valence-corrected chi connectivity index (χ3v) is 5.42. The molecule has 1 aromatic carbocycles. The number of nitrogens with one attached hydrogen (secondary N) is 1. The van der Waals surface area contributed by atoms with Gasteiger partial charge in [-0.15, -0.1) is 0 Å². The number of rotatable bonds is 8. The van der Waals surface area contributed by atoms with Gasteiger partial charge in [0.2, 0.25) is 5.88 Å². The lowest BCUT2D eigenvalue weighted by molar-refractivity contribution is -0.139. The molecule has 0 spiro atoms. The largest absolute Gasteiger partial charge is 0.496 e. The molecular formula is C25H26N4O4. The Morgan fingerprint density at radius 2 is 2.06 bits per heavy atom. The minimum atomic E-state index is -0.609. The molecule has 0 aliphatic carbocycles. The van der Waals surface area contributed by atoms with Crippen molar-refractivity contribution >= 4 is 11.7 Å². The van der Waals surface area contributed by atoms with Crippen molar-refractivity contribution in [1.82, 2.24) is 4.98 Å². The van der Waals surface area contributed by atoms with Crippen LogP contribution in [0, 0.1) is 29.6 Å². The van der Waals surface area contributed by atoms with Gasteiger partial charge in [0.25, 0.3) is 0 Å². The molecule has 0 saturated carbocycles. The molecule has 8 heteroatoms. The highest BCUT2D eigenvalue weighted by Gasteiger charge is 2.39. The van der Waals surface area contributed by atoms with Gasteiger partial charge in [0.1, 0.15) is 12.4 Å². The highest BCUT2D eigenvalue weighted by Crippen LogP contribution is 2.49. The number of ether oxygens (including phenoxy) is 3. The molecule has 0 amide bonds. The molecule has 2 heterocycles. The highest BCUT2D eigenvalue weighted by atomic mass is 16.5. The maximum Gasteiger partial charge on any atom is 0.336 e. The molecule has 0 fully saturated rings. The van der Waals surface area contributed by atoms with Crippen molar-refractivity contribution in [1.29, 1.82) is 10.5 Å². The predicted octanol–water partition coefficient (Wildman–Crippen LogP) is 4.35. The minimum Gasteiger partial charge on any atom is -0.496 e. The van der Waals surface area contributed by atoms with E-state index in [9.17, 15) is 10.1 Å². The van der Waals surface area contributed by atoms with Gasteiger partial charge in [-0.25, -0.2) is 9.78 Å². The number of aryl methyl sites for hydroxylation is 1. The summed E-state index contributed by atoms with van der Waals surface area (Å²) in [6.07, 6.45) is 2.37. The normalized spacial score (nSPS) is 14.4. The summed E-state index contributed by atoms with van der Waals surface area (Å²) in [7, 11) is 1.52. The fraction of sp³-hybridized carbons (Fsp3) is 0.360. The van der Waals surface area contributed by atoms with Gasteiger partial charge in [0.15, 0.2) is 0 Å². The molecule has 170 valence electrons. The summed E-state index contributed by atoms with van der Waals surface area (Å²) >= 11 is 0. The zero-order valence-electron chi connectivity index (χ0n) is 19.2. The number of nitriles is 2. The van der Waals surface area contributed by atoms with E-state index in [1.807, 2.05) is 26.8 Å². The molecule has 0 radical (unpaired) electrons. The lowest BCUT2D eigenvalue weighted by atomic mass is 9.79. The Hall–Kier alpha value is -4.04. The number of aromatic nitrogens is 1. The number of carbonyl (C=O) groups is 1. The van der Waals surface area contributed by atoms with Gasteiger partial charge < -0.3 is 19.5 Å². The molecule has 1 N–H and O–H groups in total. The number of fused-ring (bicyclic) bond motifs is 1. The van der Waals surface area contributed by atoms with E-state index >= 15 is 0 Å². The minimum absolute atomic E-state index is 0.00963. The molecule has 2 aromatic rings. The second-order valence-electron chi connectivity index (χ2n) is 7.38. The van der Waals surface area contributed by atoms with E-state index in [1.54, 1.807) is 24.4 Å². The maximum absolute atomic E-state index is 13.3. The Bertz CT molecular complexity index is 1170. The highest BCUT2D eigenvalue weighted by molar-refractivity contribution is 5.95. The van der Waals surface area contributed by atoms with Gasteiger partial charge in [0, 0.05) is 17.5 Å². The Morgan fingerprint density at radius 3 is 2.70 bits per heavy atom. The Morgan fingerprint density at radius 1 is 1.27 bits per heavy atom. The molecule has 1 aromatic heterocycles. The van der Waals surface area contributed by atoms with Crippen LogP contribution in [0.15, 0.2) is 35.7 Å². The number of hydrogen-bond donors (Lipinski definition) is 1. The summed E-state index contributed by atoms with van der Waals surface area (Å²) in [4.78, 5) is 17.8. The van der Waals surface area contributed by atoms with Crippen LogP contribution < -0.4 is 14.8 Å². The molecule has 0 saturated heterocycles. The summed E-state index contributed by atoms with van der Waals surface area (Å²) in [5.41, 5.74) is 4.64. The third-order valence-electron chi connectivity index (χ3n) is 5.42.